The number of ether oxygens (including phenoxy) is 1. The molecule has 13 heavy (non-hydrogen) atoms. The van der Waals surface area contributed by atoms with Crippen molar-refractivity contribution in [2.75, 3.05) is 0 Å². The topological polar surface area (TPSA) is 43.4 Å². The van der Waals surface area contributed by atoms with Gasteiger partial charge >= 0.3 is 5.97 Å². The molecule has 1 fully saturated rings. The molecule has 2 aliphatic rings. The van der Waals surface area contributed by atoms with Crippen LogP contribution >= 0.6 is 0 Å². The maximum absolute atomic E-state index is 11.1. The van der Waals surface area contributed by atoms with Gasteiger partial charge in [0.15, 0.2) is 5.78 Å². The fourth-order valence-electron chi connectivity index (χ4n) is 1.93. The minimum absolute atomic E-state index is 0.144. The molecule has 0 N–H and O–H groups in total. The molecule has 0 radical (unpaired) electrons. The standard InChI is InChI=1S/C10H12O3/c1-10-5-4-8(11)6-7(10)2-3-9(12)13-10/h6H,2-5H2,1H3. The summed E-state index contributed by atoms with van der Waals surface area (Å²) in [5, 5.41) is 0. The van der Waals surface area contributed by atoms with Crippen molar-refractivity contribution in [1.29, 1.82) is 0 Å². The highest BCUT2D eigenvalue weighted by atomic mass is 16.6. The molecule has 1 saturated heterocycles. The third-order valence-corrected chi connectivity index (χ3v) is 2.80. The lowest BCUT2D eigenvalue weighted by Gasteiger charge is -2.37. The van der Waals surface area contributed by atoms with Gasteiger partial charge in [-0.25, -0.2) is 0 Å². The Morgan fingerprint density at radius 3 is 2.85 bits per heavy atom. The largest absolute Gasteiger partial charge is 0.455 e. The highest BCUT2D eigenvalue weighted by Crippen LogP contribution is 2.37. The van der Waals surface area contributed by atoms with Crippen molar-refractivity contribution in [3.63, 3.8) is 0 Å². The molecular formula is C10H12O3. The molecule has 1 heterocycles. The van der Waals surface area contributed by atoms with Crippen molar-refractivity contribution in [1.82, 2.24) is 0 Å². The van der Waals surface area contributed by atoms with Crippen LogP contribution in [0, 0.1) is 0 Å². The number of hydrogen-bond acceptors (Lipinski definition) is 3. The van der Waals surface area contributed by atoms with Crippen LogP contribution in [0.2, 0.25) is 0 Å². The van der Waals surface area contributed by atoms with Crippen molar-refractivity contribution in [2.24, 2.45) is 0 Å². The van der Waals surface area contributed by atoms with E-state index in [1.165, 1.54) is 0 Å². The van der Waals surface area contributed by atoms with E-state index in [2.05, 4.69) is 0 Å². The van der Waals surface area contributed by atoms with E-state index in [0.29, 0.717) is 25.7 Å². The van der Waals surface area contributed by atoms with Gasteiger partial charge in [-0.2, -0.15) is 0 Å². The number of carbonyl (C=O) groups excluding carboxylic acids is 2. The summed E-state index contributed by atoms with van der Waals surface area (Å²) >= 11 is 0. The maximum Gasteiger partial charge on any atom is 0.306 e. The molecule has 0 saturated carbocycles. The van der Waals surface area contributed by atoms with E-state index in [1.807, 2.05) is 6.92 Å². The summed E-state index contributed by atoms with van der Waals surface area (Å²) in [6.07, 6.45) is 3.88. The van der Waals surface area contributed by atoms with Crippen molar-refractivity contribution >= 4 is 11.8 Å². The van der Waals surface area contributed by atoms with Crippen LogP contribution in [-0.4, -0.2) is 17.4 Å². The predicted octanol–water partition coefficient (Wildman–Crippen LogP) is 1.37. The first-order valence-electron chi connectivity index (χ1n) is 4.56. The molecule has 1 unspecified atom stereocenters. The average Bonchev–Trinajstić information content (AvgIpc) is 2.06. The SMILES string of the molecule is CC12CCC(=O)C=C1CCC(=O)O2. The summed E-state index contributed by atoms with van der Waals surface area (Å²) in [7, 11) is 0. The van der Waals surface area contributed by atoms with E-state index >= 15 is 0 Å². The van der Waals surface area contributed by atoms with Crippen molar-refractivity contribution < 1.29 is 14.3 Å². The monoisotopic (exact) mass is 180 g/mol. The Hall–Kier alpha value is -1.12. The normalized spacial score (nSPS) is 33.5. The lowest BCUT2D eigenvalue weighted by atomic mass is 9.80. The number of carbonyl (C=O) groups is 2. The first-order valence-corrected chi connectivity index (χ1v) is 4.56. The molecule has 0 spiro atoms. The number of ketones is 1. The number of esters is 1. The number of rotatable bonds is 0. The number of fused-ring (bicyclic) bond motifs is 1. The van der Waals surface area contributed by atoms with E-state index in [4.69, 9.17) is 4.74 Å². The van der Waals surface area contributed by atoms with Crippen LogP contribution in [-0.2, 0) is 14.3 Å². The summed E-state index contributed by atoms with van der Waals surface area (Å²) < 4.78 is 5.27. The Morgan fingerprint density at radius 2 is 2.08 bits per heavy atom. The van der Waals surface area contributed by atoms with E-state index < -0.39 is 5.60 Å². The fourth-order valence-corrected chi connectivity index (χ4v) is 1.93. The summed E-state index contributed by atoms with van der Waals surface area (Å²) in [4.78, 5) is 22.2. The van der Waals surface area contributed by atoms with Crippen LogP contribution in [0.4, 0.5) is 0 Å². The molecule has 0 aromatic heterocycles. The van der Waals surface area contributed by atoms with Gasteiger partial charge in [-0.1, -0.05) is 0 Å². The molecule has 0 aromatic rings. The van der Waals surface area contributed by atoms with E-state index in [0.717, 1.165) is 5.57 Å². The maximum atomic E-state index is 11.1. The van der Waals surface area contributed by atoms with Crippen molar-refractivity contribution in [2.45, 2.75) is 38.2 Å². The highest BCUT2D eigenvalue weighted by molar-refractivity contribution is 5.92. The Kier molecular flexibility index (Phi) is 1.75. The van der Waals surface area contributed by atoms with Crippen LogP contribution < -0.4 is 0 Å². The summed E-state index contributed by atoms with van der Waals surface area (Å²) in [5.74, 6) is 0.0134. The van der Waals surface area contributed by atoms with Crippen LogP contribution in [0.5, 0.6) is 0 Å². The highest BCUT2D eigenvalue weighted by Gasteiger charge is 2.39. The van der Waals surface area contributed by atoms with E-state index in [9.17, 15) is 9.59 Å². The van der Waals surface area contributed by atoms with Gasteiger partial charge in [-0.05, 0) is 31.4 Å². The summed E-state index contributed by atoms with van der Waals surface area (Å²) in [6.45, 7) is 1.89. The number of hydrogen-bond donors (Lipinski definition) is 0. The van der Waals surface area contributed by atoms with Crippen LogP contribution in [0.3, 0.4) is 0 Å². The van der Waals surface area contributed by atoms with Crippen LogP contribution in [0.25, 0.3) is 0 Å². The predicted molar refractivity (Wildman–Crippen MR) is 46.1 cm³/mol. The average molecular weight is 180 g/mol. The first kappa shape index (κ1) is 8.48. The quantitative estimate of drug-likeness (QED) is 0.529. The van der Waals surface area contributed by atoms with E-state index in [-0.39, 0.29) is 11.8 Å². The zero-order chi connectivity index (χ0) is 9.47. The Morgan fingerprint density at radius 1 is 1.31 bits per heavy atom. The summed E-state index contributed by atoms with van der Waals surface area (Å²) in [6, 6.07) is 0. The molecule has 0 aromatic carbocycles. The minimum Gasteiger partial charge on any atom is -0.455 e. The molecule has 1 atom stereocenters. The van der Waals surface area contributed by atoms with Gasteiger partial charge in [0.05, 0.1) is 0 Å². The van der Waals surface area contributed by atoms with Gasteiger partial charge in [0.1, 0.15) is 5.60 Å². The molecule has 2 rings (SSSR count). The van der Waals surface area contributed by atoms with Gasteiger partial charge in [0.2, 0.25) is 0 Å². The molecule has 3 heteroatoms. The first-order chi connectivity index (χ1) is 6.10. The van der Waals surface area contributed by atoms with Crippen molar-refractivity contribution in [3.05, 3.63) is 11.6 Å². The van der Waals surface area contributed by atoms with Gasteiger partial charge in [-0.15, -0.1) is 0 Å². The molecular weight excluding hydrogens is 168 g/mol. The van der Waals surface area contributed by atoms with Gasteiger partial charge in [0, 0.05) is 12.8 Å². The second kappa shape index (κ2) is 2.69. The number of allylic oxidation sites excluding steroid dienone is 1. The fraction of sp³-hybridized carbons (Fsp3) is 0.600. The Labute approximate surface area is 76.8 Å². The molecule has 3 nitrogen and oxygen atoms in total. The molecule has 0 amide bonds. The summed E-state index contributed by atoms with van der Waals surface area (Å²) in [5.41, 5.74) is 0.506. The Balaban J connectivity index is 2.31. The third-order valence-electron chi connectivity index (χ3n) is 2.80. The minimum atomic E-state index is -0.483. The van der Waals surface area contributed by atoms with Gasteiger partial charge in [-0.3, -0.25) is 9.59 Å². The van der Waals surface area contributed by atoms with E-state index in [1.54, 1.807) is 6.08 Å². The van der Waals surface area contributed by atoms with Crippen LogP contribution in [0.15, 0.2) is 11.6 Å². The van der Waals surface area contributed by atoms with Crippen LogP contribution in [0.1, 0.15) is 32.6 Å². The molecule has 1 aliphatic carbocycles. The van der Waals surface area contributed by atoms with Gasteiger partial charge in [0.25, 0.3) is 0 Å². The molecule has 1 aliphatic heterocycles. The molecule has 0 bridgehead atoms. The lowest BCUT2D eigenvalue weighted by molar-refractivity contribution is -0.160. The second-order valence-corrected chi connectivity index (χ2v) is 3.84. The zero-order valence-corrected chi connectivity index (χ0v) is 7.63. The smallest absolute Gasteiger partial charge is 0.306 e. The third kappa shape index (κ3) is 1.39. The second-order valence-electron chi connectivity index (χ2n) is 3.84. The molecule has 70 valence electrons. The zero-order valence-electron chi connectivity index (χ0n) is 7.63. The Bertz CT molecular complexity index is 303. The van der Waals surface area contributed by atoms with Crippen molar-refractivity contribution in [3.8, 4) is 0 Å². The lowest BCUT2D eigenvalue weighted by Crippen LogP contribution is -2.40. The van der Waals surface area contributed by atoms with Gasteiger partial charge < -0.3 is 4.74 Å².